The Balaban J connectivity index is 1.77. The van der Waals surface area contributed by atoms with Crippen molar-refractivity contribution < 1.29 is 4.79 Å². The van der Waals surface area contributed by atoms with Gasteiger partial charge in [-0.3, -0.25) is 9.48 Å². The molecule has 0 saturated heterocycles. The first-order valence-electron chi connectivity index (χ1n) is 7.17. The molecule has 0 bridgehead atoms. The molecule has 19 heavy (non-hydrogen) atoms. The number of rotatable bonds is 5. The number of aromatic nitrogens is 2. The van der Waals surface area contributed by atoms with Crippen molar-refractivity contribution in [2.75, 3.05) is 13.1 Å². The van der Waals surface area contributed by atoms with E-state index < -0.39 is 0 Å². The molecule has 1 aromatic heterocycles. The van der Waals surface area contributed by atoms with Crippen LogP contribution in [0.4, 0.5) is 0 Å². The van der Waals surface area contributed by atoms with E-state index in [1.54, 1.807) is 4.68 Å². The lowest BCUT2D eigenvalue weighted by atomic mass is 9.79. The van der Waals surface area contributed by atoms with E-state index in [0.717, 1.165) is 31.4 Å². The molecule has 2 atom stereocenters. The van der Waals surface area contributed by atoms with E-state index in [2.05, 4.69) is 10.4 Å². The maximum Gasteiger partial charge on any atom is 0.223 e. The highest BCUT2D eigenvalue weighted by Crippen LogP contribution is 2.29. The maximum absolute atomic E-state index is 12.2. The zero-order chi connectivity index (χ0) is 13.7. The highest BCUT2D eigenvalue weighted by molar-refractivity contribution is 5.79. The number of nitrogens with one attached hydrogen (secondary N) is 1. The molecule has 1 aliphatic carbocycles. The van der Waals surface area contributed by atoms with Crippen LogP contribution in [0.5, 0.6) is 0 Å². The van der Waals surface area contributed by atoms with Crippen molar-refractivity contribution in [3.05, 3.63) is 18.0 Å². The van der Waals surface area contributed by atoms with Gasteiger partial charge in [0, 0.05) is 32.1 Å². The molecule has 1 saturated carbocycles. The van der Waals surface area contributed by atoms with E-state index in [4.69, 9.17) is 5.73 Å². The summed E-state index contributed by atoms with van der Waals surface area (Å²) < 4.78 is 1.78. The van der Waals surface area contributed by atoms with Crippen molar-refractivity contribution in [3.63, 3.8) is 0 Å². The molecule has 1 heterocycles. The molecule has 1 fully saturated rings. The third kappa shape index (κ3) is 3.80. The smallest absolute Gasteiger partial charge is 0.223 e. The van der Waals surface area contributed by atoms with Crippen LogP contribution in [0.2, 0.25) is 0 Å². The number of hydrogen-bond acceptors (Lipinski definition) is 3. The Morgan fingerprint density at radius 1 is 1.53 bits per heavy atom. The van der Waals surface area contributed by atoms with Crippen molar-refractivity contribution in [3.8, 4) is 0 Å². The van der Waals surface area contributed by atoms with Crippen molar-refractivity contribution in [1.29, 1.82) is 0 Å². The van der Waals surface area contributed by atoms with Gasteiger partial charge in [-0.25, -0.2) is 0 Å². The monoisotopic (exact) mass is 264 g/mol. The van der Waals surface area contributed by atoms with Crippen LogP contribution >= 0.6 is 0 Å². The fourth-order valence-electron chi connectivity index (χ4n) is 2.88. The summed E-state index contributed by atoms with van der Waals surface area (Å²) >= 11 is 0. The van der Waals surface area contributed by atoms with Crippen LogP contribution in [-0.4, -0.2) is 28.8 Å². The van der Waals surface area contributed by atoms with E-state index in [0.29, 0.717) is 19.0 Å². The number of aryl methyl sites for hydroxylation is 1. The lowest BCUT2D eigenvalue weighted by Crippen LogP contribution is -2.40. The van der Waals surface area contributed by atoms with Crippen LogP contribution in [0.25, 0.3) is 0 Å². The lowest BCUT2D eigenvalue weighted by Gasteiger charge is -2.29. The van der Waals surface area contributed by atoms with E-state index >= 15 is 0 Å². The Morgan fingerprint density at radius 3 is 3.00 bits per heavy atom. The van der Waals surface area contributed by atoms with Gasteiger partial charge in [0.1, 0.15) is 0 Å². The van der Waals surface area contributed by atoms with Crippen LogP contribution in [0, 0.1) is 11.8 Å². The molecule has 5 nitrogen and oxygen atoms in total. The third-order valence-electron chi connectivity index (χ3n) is 4.00. The van der Waals surface area contributed by atoms with Crippen LogP contribution in [-0.2, 0) is 18.3 Å². The fraction of sp³-hybridized carbons (Fsp3) is 0.714. The zero-order valence-corrected chi connectivity index (χ0v) is 11.6. The summed E-state index contributed by atoms with van der Waals surface area (Å²) in [6.45, 7) is 1.28. The van der Waals surface area contributed by atoms with Gasteiger partial charge in [-0.15, -0.1) is 0 Å². The highest BCUT2D eigenvalue weighted by Gasteiger charge is 2.29. The minimum Gasteiger partial charge on any atom is -0.355 e. The summed E-state index contributed by atoms with van der Waals surface area (Å²) in [7, 11) is 1.90. The predicted molar refractivity (Wildman–Crippen MR) is 74.4 cm³/mol. The minimum atomic E-state index is 0.113. The molecule has 0 radical (unpaired) electrons. The van der Waals surface area contributed by atoms with Gasteiger partial charge in [0.05, 0.1) is 5.69 Å². The van der Waals surface area contributed by atoms with Gasteiger partial charge >= 0.3 is 0 Å². The molecule has 106 valence electrons. The van der Waals surface area contributed by atoms with Gasteiger partial charge in [0.25, 0.3) is 0 Å². The molecule has 0 spiro atoms. The van der Waals surface area contributed by atoms with Crippen LogP contribution in [0.15, 0.2) is 12.3 Å². The summed E-state index contributed by atoms with van der Waals surface area (Å²) in [6, 6.07) is 1.98. The zero-order valence-electron chi connectivity index (χ0n) is 11.6. The highest BCUT2D eigenvalue weighted by atomic mass is 16.1. The average Bonchev–Trinajstić information content (AvgIpc) is 2.84. The van der Waals surface area contributed by atoms with Gasteiger partial charge in [0.15, 0.2) is 0 Å². The number of carbonyl (C=O) groups excluding carboxylic acids is 1. The molecule has 0 aromatic carbocycles. The van der Waals surface area contributed by atoms with Crippen molar-refractivity contribution in [2.24, 2.45) is 24.6 Å². The SMILES string of the molecule is Cn1ccc(CCNC(=O)C2CCCCC2CN)n1. The lowest BCUT2D eigenvalue weighted by molar-refractivity contribution is -0.127. The Bertz CT molecular complexity index is 415. The van der Waals surface area contributed by atoms with E-state index in [-0.39, 0.29) is 11.8 Å². The summed E-state index contributed by atoms with van der Waals surface area (Å²) in [6.07, 6.45) is 7.13. The first-order valence-corrected chi connectivity index (χ1v) is 7.17. The Hall–Kier alpha value is -1.36. The summed E-state index contributed by atoms with van der Waals surface area (Å²) in [4.78, 5) is 12.2. The number of amides is 1. The minimum absolute atomic E-state index is 0.113. The molecule has 2 rings (SSSR count). The molecule has 0 aliphatic heterocycles. The van der Waals surface area contributed by atoms with Gasteiger partial charge < -0.3 is 11.1 Å². The summed E-state index contributed by atoms with van der Waals surface area (Å²) in [5.41, 5.74) is 6.78. The van der Waals surface area contributed by atoms with E-state index in [1.165, 1.54) is 6.42 Å². The predicted octanol–water partition coefficient (Wildman–Crippen LogP) is 0.844. The first kappa shape index (κ1) is 14.1. The number of hydrogen-bond donors (Lipinski definition) is 2. The molecule has 1 amide bonds. The summed E-state index contributed by atoms with van der Waals surface area (Å²) in [5.74, 6) is 0.650. The second-order valence-electron chi connectivity index (χ2n) is 5.41. The molecule has 1 aliphatic rings. The van der Waals surface area contributed by atoms with Gasteiger partial charge in [-0.05, 0) is 31.4 Å². The average molecular weight is 264 g/mol. The molecule has 3 N–H and O–H groups in total. The van der Waals surface area contributed by atoms with Crippen molar-refractivity contribution in [1.82, 2.24) is 15.1 Å². The Labute approximate surface area is 114 Å². The van der Waals surface area contributed by atoms with Crippen molar-refractivity contribution >= 4 is 5.91 Å². The van der Waals surface area contributed by atoms with Gasteiger partial charge in [-0.2, -0.15) is 5.10 Å². The summed E-state index contributed by atoms with van der Waals surface area (Å²) in [5, 5.41) is 7.33. The van der Waals surface area contributed by atoms with Crippen LogP contribution in [0.1, 0.15) is 31.4 Å². The number of nitrogens with zero attached hydrogens (tertiary/aromatic N) is 2. The topological polar surface area (TPSA) is 72.9 Å². The van der Waals surface area contributed by atoms with E-state index in [1.807, 2.05) is 19.3 Å². The fourth-order valence-corrected chi connectivity index (χ4v) is 2.88. The molecule has 2 unspecified atom stereocenters. The number of nitrogens with two attached hydrogens (primary N) is 1. The maximum atomic E-state index is 12.2. The standard InChI is InChI=1S/C14H24N4O/c1-18-9-7-12(17-18)6-8-16-14(19)13-5-3-2-4-11(13)10-15/h7,9,11,13H,2-6,8,10,15H2,1H3,(H,16,19). The van der Waals surface area contributed by atoms with E-state index in [9.17, 15) is 4.79 Å². The molecular weight excluding hydrogens is 240 g/mol. The van der Waals surface area contributed by atoms with Crippen LogP contribution < -0.4 is 11.1 Å². The first-order chi connectivity index (χ1) is 9.20. The Morgan fingerprint density at radius 2 is 2.32 bits per heavy atom. The quantitative estimate of drug-likeness (QED) is 0.828. The van der Waals surface area contributed by atoms with Crippen molar-refractivity contribution in [2.45, 2.75) is 32.1 Å². The molecule has 5 heteroatoms. The number of carbonyl (C=O) groups is 1. The van der Waals surface area contributed by atoms with Gasteiger partial charge in [-0.1, -0.05) is 12.8 Å². The van der Waals surface area contributed by atoms with Crippen LogP contribution in [0.3, 0.4) is 0 Å². The normalized spacial score (nSPS) is 23.3. The second-order valence-corrected chi connectivity index (χ2v) is 5.41. The molecule has 1 aromatic rings. The second kappa shape index (κ2) is 6.70. The molecular formula is C14H24N4O. The Kier molecular flexibility index (Phi) is 4.96. The van der Waals surface area contributed by atoms with Gasteiger partial charge in [0.2, 0.25) is 5.91 Å². The third-order valence-corrected chi connectivity index (χ3v) is 4.00. The largest absolute Gasteiger partial charge is 0.355 e.